The van der Waals surface area contributed by atoms with Gasteiger partial charge in [-0.2, -0.15) is 10.2 Å². The van der Waals surface area contributed by atoms with E-state index in [2.05, 4.69) is 15.5 Å². The summed E-state index contributed by atoms with van der Waals surface area (Å²) in [7, 11) is 0. The van der Waals surface area contributed by atoms with Gasteiger partial charge in [0.1, 0.15) is 11.4 Å². The summed E-state index contributed by atoms with van der Waals surface area (Å²) < 4.78 is 14.9. The largest absolute Gasteiger partial charge is 0.346 e. The minimum atomic E-state index is -1.14. The van der Waals surface area contributed by atoms with E-state index in [4.69, 9.17) is 0 Å². The summed E-state index contributed by atoms with van der Waals surface area (Å²) in [6, 6.07) is 14.5. The molecule has 1 fully saturated rings. The molecule has 2 aromatic carbocycles. The Hall–Kier alpha value is -3.81. The minimum Gasteiger partial charge on any atom is -0.318 e. The maximum absolute atomic E-state index is 13.2. The Morgan fingerprint density at radius 2 is 1.77 bits per heavy atom. The molecule has 31 heavy (non-hydrogen) atoms. The zero-order chi connectivity index (χ0) is 22.2. The van der Waals surface area contributed by atoms with Gasteiger partial charge in [-0.3, -0.25) is 4.79 Å². The fourth-order valence-electron chi connectivity index (χ4n) is 3.82. The van der Waals surface area contributed by atoms with Crippen LogP contribution in [-0.4, -0.2) is 32.9 Å². The van der Waals surface area contributed by atoms with E-state index in [1.54, 1.807) is 23.7 Å². The van der Waals surface area contributed by atoms with Crippen LogP contribution in [0, 0.1) is 19.7 Å². The van der Waals surface area contributed by atoms with Gasteiger partial charge in [-0.25, -0.2) is 13.9 Å². The second kappa shape index (κ2) is 7.79. The van der Waals surface area contributed by atoms with Crippen LogP contribution in [0.5, 0.6) is 0 Å². The molecule has 2 heterocycles. The molecule has 7 nitrogen and oxygen atoms in total. The third-order valence-electron chi connectivity index (χ3n) is 5.59. The summed E-state index contributed by atoms with van der Waals surface area (Å²) in [5.74, 6) is -0.757. The monoisotopic (exact) mass is 419 g/mol. The highest BCUT2D eigenvalue weighted by molar-refractivity contribution is 6.07. The van der Waals surface area contributed by atoms with Gasteiger partial charge in [0.15, 0.2) is 0 Å². The zero-order valence-corrected chi connectivity index (χ0v) is 17.5. The minimum absolute atomic E-state index is 0.330. The van der Waals surface area contributed by atoms with Crippen molar-refractivity contribution in [2.24, 2.45) is 5.10 Å². The number of benzene rings is 2. The van der Waals surface area contributed by atoms with Crippen LogP contribution in [0.15, 0.2) is 59.7 Å². The molecule has 4 rings (SSSR count). The molecule has 1 aliphatic rings. The normalized spacial score (nSPS) is 18.8. The van der Waals surface area contributed by atoms with Crippen LogP contribution in [0.25, 0.3) is 5.69 Å². The Balaban J connectivity index is 1.65. The lowest BCUT2D eigenvalue weighted by atomic mass is 9.87. The standard InChI is InChI=1S/C23H22FN5O2/c1-4-23(17-8-6-5-7-9-17)21(30)29(22(31)26-23)25-14-20-15(2)27-28(16(20)3)19-12-10-18(24)11-13-19/h5-14H,4H2,1-3H3,(H,26,31)/b25-14-/t23-/m1/s1. The third-order valence-corrected chi connectivity index (χ3v) is 5.59. The molecule has 0 bridgehead atoms. The summed E-state index contributed by atoms with van der Waals surface area (Å²) >= 11 is 0. The van der Waals surface area contributed by atoms with Crippen LogP contribution < -0.4 is 5.32 Å². The number of carbonyl (C=O) groups is 2. The summed E-state index contributed by atoms with van der Waals surface area (Å²) in [5.41, 5.74) is 2.37. The number of imide groups is 1. The number of nitrogens with one attached hydrogen (secondary N) is 1. The van der Waals surface area contributed by atoms with Crippen molar-refractivity contribution in [2.45, 2.75) is 32.7 Å². The zero-order valence-electron chi connectivity index (χ0n) is 17.5. The number of hydrazone groups is 1. The Morgan fingerprint density at radius 3 is 2.42 bits per heavy atom. The Labute approximate surface area is 179 Å². The molecule has 1 atom stereocenters. The first kappa shape index (κ1) is 20.5. The fraction of sp³-hybridized carbons (Fsp3) is 0.217. The average Bonchev–Trinajstić information content (AvgIpc) is 3.20. The summed E-state index contributed by atoms with van der Waals surface area (Å²) in [6.07, 6.45) is 1.86. The highest BCUT2D eigenvalue weighted by Crippen LogP contribution is 2.32. The van der Waals surface area contributed by atoms with Gasteiger partial charge in [0.05, 0.1) is 23.3 Å². The maximum atomic E-state index is 13.2. The van der Waals surface area contributed by atoms with Crippen molar-refractivity contribution in [3.05, 3.63) is 82.9 Å². The summed E-state index contributed by atoms with van der Waals surface area (Å²) in [4.78, 5) is 25.8. The van der Waals surface area contributed by atoms with Gasteiger partial charge in [-0.05, 0) is 50.1 Å². The van der Waals surface area contributed by atoms with Crippen LogP contribution in [-0.2, 0) is 10.3 Å². The molecule has 1 aromatic heterocycles. The van der Waals surface area contributed by atoms with Gasteiger partial charge in [-0.15, -0.1) is 5.01 Å². The van der Waals surface area contributed by atoms with Crippen molar-refractivity contribution >= 4 is 18.2 Å². The maximum Gasteiger partial charge on any atom is 0.346 e. The lowest BCUT2D eigenvalue weighted by molar-refractivity contribution is -0.131. The molecule has 0 unspecified atom stereocenters. The highest BCUT2D eigenvalue weighted by Gasteiger charge is 2.51. The number of carbonyl (C=O) groups excluding carboxylic acids is 2. The number of nitrogens with zero attached hydrogens (tertiary/aromatic N) is 4. The Morgan fingerprint density at radius 1 is 1.10 bits per heavy atom. The molecule has 0 spiro atoms. The summed E-state index contributed by atoms with van der Waals surface area (Å²) in [5, 5.41) is 12.4. The molecule has 8 heteroatoms. The topological polar surface area (TPSA) is 79.6 Å². The first-order valence-electron chi connectivity index (χ1n) is 9.95. The number of rotatable bonds is 5. The van der Waals surface area contributed by atoms with E-state index >= 15 is 0 Å². The van der Waals surface area contributed by atoms with Gasteiger partial charge in [0.25, 0.3) is 5.91 Å². The van der Waals surface area contributed by atoms with E-state index in [9.17, 15) is 14.0 Å². The van der Waals surface area contributed by atoms with Crippen LogP contribution in [0.4, 0.5) is 9.18 Å². The number of aromatic nitrogens is 2. The van der Waals surface area contributed by atoms with Crippen LogP contribution in [0.3, 0.4) is 0 Å². The Kier molecular flexibility index (Phi) is 5.14. The van der Waals surface area contributed by atoms with Crippen molar-refractivity contribution < 1.29 is 14.0 Å². The lowest BCUT2D eigenvalue weighted by Gasteiger charge is -2.24. The first-order chi connectivity index (χ1) is 14.9. The molecule has 0 aliphatic carbocycles. The van der Waals surface area contributed by atoms with Gasteiger partial charge in [0.2, 0.25) is 0 Å². The smallest absolute Gasteiger partial charge is 0.318 e. The second-order valence-corrected chi connectivity index (χ2v) is 7.39. The van der Waals surface area contributed by atoms with Crippen LogP contribution >= 0.6 is 0 Å². The molecule has 1 aliphatic heterocycles. The number of halogens is 1. The predicted octanol–water partition coefficient (Wildman–Crippen LogP) is 3.82. The van der Waals surface area contributed by atoms with E-state index in [1.165, 1.54) is 18.3 Å². The molecule has 158 valence electrons. The van der Waals surface area contributed by atoms with Crippen LogP contribution in [0.2, 0.25) is 0 Å². The number of hydrogen-bond donors (Lipinski definition) is 1. The number of hydrogen-bond acceptors (Lipinski definition) is 4. The van der Waals surface area contributed by atoms with Crippen LogP contribution in [0.1, 0.15) is 35.9 Å². The molecule has 3 amide bonds. The number of aryl methyl sites for hydroxylation is 1. The molecule has 3 aromatic rings. The molecule has 0 radical (unpaired) electrons. The second-order valence-electron chi connectivity index (χ2n) is 7.39. The fourth-order valence-corrected chi connectivity index (χ4v) is 3.82. The van der Waals surface area contributed by atoms with E-state index in [1.807, 2.05) is 44.2 Å². The molecular formula is C23H22FN5O2. The van der Waals surface area contributed by atoms with Crippen molar-refractivity contribution in [3.8, 4) is 5.69 Å². The third kappa shape index (κ3) is 3.39. The highest BCUT2D eigenvalue weighted by atomic mass is 19.1. The van der Waals surface area contributed by atoms with E-state index < -0.39 is 17.5 Å². The van der Waals surface area contributed by atoms with Crippen molar-refractivity contribution in [3.63, 3.8) is 0 Å². The molecule has 0 saturated carbocycles. The van der Waals surface area contributed by atoms with E-state index in [0.717, 1.165) is 10.7 Å². The van der Waals surface area contributed by atoms with Crippen molar-refractivity contribution in [2.75, 3.05) is 0 Å². The van der Waals surface area contributed by atoms with Gasteiger partial charge >= 0.3 is 6.03 Å². The first-order valence-corrected chi connectivity index (χ1v) is 9.95. The predicted molar refractivity (Wildman–Crippen MR) is 114 cm³/mol. The van der Waals surface area contributed by atoms with Gasteiger partial charge in [0, 0.05) is 5.56 Å². The van der Waals surface area contributed by atoms with Gasteiger partial charge < -0.3 is 5.32 Å². The SMILES string of the molecule is CC[C@]1(c2ccccc2)NC(=O)N(/N=C\c2c(C)nn(-c3ccc(F)cc3)c2C)C1=O. The van der Waals surface area contributed by atoms with E-state index in [0.29, 0.717) is 28.9 Å². The average molecular weight is 419 g/mol. The van der Waals surface area contributed by atoms with Crippen molar-refractivity contribution in [1.29, 1.82) is 0 Å². The molecule has 1 saturated heterocycles. The Bertz CT molecular complexity index is 1170. The van der Waals surface area contributed by atoms with E-state index in [-0.39, 0.29) is 5.82 Å². The lowest BCUT2D eigenvalue weighted by Crippen LogP contribution is -2.43. The summed E-state index contributed by atoms with van der Waals surface area (Å²) in [6.45, 7) is 5.50. The van der Waals surface area contributed by atoms with Crippen molar-refractivity contribution in [1.82, 2.24) is 20.1 Å². The number of amides is 3. The number of urea groups is 1. The quantitative estimate of drug-likeness (QED) is 0.504. The van der Waals surface area contributed by atoms with Gasteiger partial charge in [-0.1, -0.05) is 37.3 Å². The molecule has 1 N–H and O–H groups in total. The molecular weight excluding hydrogens is 397 g/mol.